The van der Waals surface area contributed by atoms with E-state index in [1.54, 1.807) is 32.4 Å². The van der Waals surface area contributed by atoms with E-state index in [-0.39, 0.29) is 29.1 Å². The van der Waals surface area contributed by atoms with Gasteiger partial charge in [-0.2, -0.15) is 0 Å². The van der Waals surface area contributed by atoms with Crippen LogP contribution in [0.1, 0.15) is 33.5 Å². The Morgan fingerprint density at radius 3 is 2.61 bits per heavy atom. The third-order valence-electron chi connectivity index (χ3n) is 6.39. The second-order valence-corrected chi connectivity index (χ2v) is 10.7. The first-order valence-corrected chi connectivity index (χ1v) is 12.5. The Balaban J connectivity index is 1.43. The van der Waals surface area contributed by atoms with Crippen molar-refractivity contribution in [2.24, 2.45) is 0 Å². The van der Waals surface area contributed by atoms with Crippen molar-refractivity contribution in [2.45, 2.75) is 25.9 Å². The summed E-state index contributed by atoms with van der Waals surface area (Å²) in [7, 11) is 0.130. The van der Waals surface area contributed by atoms with Crippen LogP contribution in [0.4, 0.5) is 0 Å². The van der Waals surface area contributed by atoms with Gasteiger partial charge in [0.1, 0.15) is 18.2 Å². The minimum Gasteiger partial charge on any atom is -0.493 e. The van der Waals surface area contributed by atoms with E-state index in [2.05, 4.69) is 0 Å². The highest BCUT2D eigenvalue weighted by molar-refractivity contribution is 7.91. The molecule has 0 N–H and O–H groups in total. The number of sulfone groups is 1. The zero-order valence-electron chi connectivity index (χ0n) is 18.7. The van der Waals surface area contributed by atoms with E-state index in [1.807, 2.05) is 24.0 Å². The highest BCUT2D eigenvalue weighted by Crippen LogP contribution is 2.44. The molecule has 2 aromatic carbocycles. The average molecular weight is 472 g/mol. The molecule has 5 rings (SSSR count). The number of benzene rings is 2. The van der Waals surface area contributed by atoms with Crippen LogP contribution in [-0.2, 0) is 16.4 Å². The molecule has 1 atom stereocenters. The third kappa shape index (κ3) is 3.85. The molecule has 174 valence electrons. The molecule has 9 heteroatoms. The number of hydrogen-bond donors (Lipinski definition) is 0. The van der Waals surface area contributed by atoms with Crippen molar-refractivity contribution in [2.75, 3.05) is 32.5 Å². The van der Waals surface area contributed by atoms with Gasteiger partial charge in [0.2, 0.25) is 5.78 Å². The van der Waals surface area contributed by atoms with Gasteiger partial charge in [0, 0.05) is 23.7 Å². The molecule has 0 saturated carbocycles. The number of rotatable bonds is 4. The second-order valence-electron chi connectivity index (χ2n) is 8.50. The lowest BCUT2D eigenvalue weighted by Gasteiger charge is -2.33. The number of carbonyl (C=O) groups is 1. The second kappa shape index (κ2) is 8.07. The Kier molecular flexibility index (Phi) is 5.33. The molecule has 1 saturated heterocycles. The lowest BCUT2D eigenvalue weighted by Crippen LogP contribution is -2.41. The normalized spacial score (nSPS) is 22.5. The number of ether oxygens (including phenoxy) is 4. The van der Waals surface area contributed by atoms with Gasteiger partial charge in [-0.3, -0.25) is 9.69 Å². The fourth-order valence-corrected chi connectivity index (χ4v) is 6.42. The summed E-state index contributed by atoms with van der Waals surface area (Å²) < 4.78 is 46.4. The minimum atomic E-state index is -2.99. The Morgan fingerprint density at radius 1 is 1.12 bits per heavy atom. The van der Waals surface area contributed by atoms with Crippen LogP contribution >= 0.6 is 0 Å². The van der Waals surface area contributed by atoms with Crippen LogP contribution in [0.5, 0.6) is 23.0 Å². The third-order valence-corrected chi connectivity index (χ3v) is 8.15. The monoisotopic (exact) mass is 471 g/mol. The van der Waals surface area contributed by atoms with Crippen molar-refractivity contribution in [3.63, 3.8) is 0 Å². The van der Waals surface area contributed by atoms with E-state index in [9.17, 15) is 13.2 Å². The fraction of sp³-hybridized carbons (Fsp3) is 0.375. The standard InChI is InChI=1S/C24H25NO7S/c1-14-23-16(11-25(13-31-23)17-6-7-33(27,28)12-17)10-18-22(26)21(32-24(14)18)9-15-4-5-19(29-2)20(8-15)30-3/h4-5,8-10,17H,6-7,11-13H2,1-3H3/t17-/m1/s1. The predicted molar refractivity (Wildman–Crippen MR) is 122 cm³/mol. The van der Waals surface area contributed by atoms with Gasteiger partial charge in [0.05, 0.1) is 31.3 Å². The summed E-state index contributed by atoms with van der Waals surface area (Å²) >= 11 is 0. The van der Waals surface area contributed by atoms with Crippen LogP contribution in [-0.4, -0.2) is 57.6 Å². The van der Waals surface area contributed by atoms with Crippen molar-refractivity contribution in [1.29, 1.82) is 0 Å². The van der Waals surface area contributed by atoms with Gasteiger partial charge in [-0.15, -0.1) is 0 Å². The first-order chi connectivity index (χ1) is 15.8. The van der Waals surface area contributed by atoms with E-state index in [1.165, 1.54) is 0 Å². The molecule has 0 aromatic heterocycles. The smallest absolute Gasteiger partial charge is 0.231 e. The topological polar surface area (TPSA) is 91.4 Å². The summed E-state index contributed by atoms with van der Waals surface area (Å²) in [6.07, 6.45) is 2.28. The number of fused-ring (bicyclic) bond motifs is 2. The zero-order chi connectivity index (χ0) is 23.3. The number of allylic oxidation sites excluding steroid dienone is 1. The molecule has 8 nitrogen and oxygen atoms in total. The molecular weight excluding hydrogens is 446 g/mol. The molecule has 3 aliphatic rings. The number of carbonyl (C=O) groups excluding carboxylic acids is 1. The van der Waals surface area contributed by atoms with E-state index in [4.69, 9.17) is 18.9 Å². The van der Waals surface area contributed by atoms with Crippen molar-refractivity contribution < 1.29 is 32.2 Å². The maximum Gasteiger partial charge on any atom is 0.231 e. The summed E-state index contributed by atoms with van der Waals surface area (Å²) in [6, 6.07) is 7.12. The lowest BCUT2D eigenvalue weighted by atomic mass is 9.99. The van der Waals surface area contributed by atoms with Crippen LogP contribution in [0, 0.1) is 6.92 Å². The van der Waals surface area contributed by atoms with Gasteiger partial charge in [-0.25, -0.2) is 8.42 Å². The van der Waals surface area contributed by atoms with Crippen LogP contribution in [0.2, 0.25) is 0 Å². The molecule has 33 heavy (non-hydrogen) atoms. The van der Waals surface area contributed by atoms with Crippen LogP contribution in [0.25, 0.3) is 6.08 Å². The molecule has 3 aliphatic heterocycles. The van der Waals surface area contributed by atoms with Crippen LogP contribution in [0.15, 0.2) is 30.0 Å². The fourth-order valence-electron chi connectivity index (χ4n) is 4.66. The number of ketones is 1. The number of methoxy groups -OCH3 is 2. The predicted octanol–water partition coefficient (Wildman–Crippen LogP) is 2.97. The summed E-state index contributed by atoms with van der Waals surface area (Å²) in [5.41, 5.74) is 2.87. The van der Waals surface area contributed by atoms with Crippen molar-refractivity contribution in [1.82, 2.24) is 4.90 Å². The highest BCUT2D eigenvalue weighted by atomic mass is 32.2. The maximum absolute atomic E-state index is 13.2. The van der Waals surface area contributed by atoms with Gasteiger partial charge < -0.3 is 18.9 Å². The van der Waals surface area contributed by atoms with Crippen molar-refractivity contribution >= 4 is 21.7 Å². The quantitative estimate of drug-likeness (QED) is 0.629. The lowest BCUT2D eigenvalue weighted by molar-refractivity contribution is 0.0637. The van der Waals surface area contributed by atoms with Gasteiger partial charge in [-0.1, -0.05) is 6.07 Å². The molecule has 0 aliphatic carbocycles. The van der Waals surface area contributed by atoms with Gasteiger partial charge in [0.25, 0.3) is 0 Å². The van der Waals surface area contributed by atoms with Crippen molar-refractivity contribution in [3.05, 3.63) is 52.3 Å². The van der Waals surface area contributed by atoms with E-state index in [0.717, 1.165) is 16.7 Å². The summed E-state index contributed by atoms with van der Waals surface area (Å²) in [6.45, 7) is 2.72. The SMILES string of the molecule is COc1ccc(C=C2Oc3c(cc4c(c3C)OCN([C@@H]3CCS(=O)(=O)C3)C4)C2=O)cc1OC. The Hall–Kier alpha value is -3.04. The number of hydrogen-bond acceptors (Lipinski definition) is 8. The van der Waals surface area contributed by atoms with Gasteiger partial charge in [0.15, 0.2) is 27.1 Å². The Morgan fingerprint density at radius 2 is 1.91 bits per heavy atom. The zero-order valence-corrected chi connectivity index (χ0v) is 19.5. The van der Waals surface area contributed by atoms with Crippen LogP contribution < -0.4 is 18.9 Å². The average Bonchev–Trinajstić information content (AvgIpc) is 3.33. The number of Topliss-reactive ketones (excluding diaryl/α,β-unsaturated/α-hetero) is 1. The molecule has 2 aromatic rings. The summed E-state index contributed by atoms with van der Waals surface area (Å²) in [5.74, 6) is 2.74. The Labute approximate surface area is 192 Å². The number of nitrogens with zero attached hydrogens (tertiary/aromatic N) is 1. The maximum atomic E-state index is 13.2. The highest BCUT2D eigenvalue weighted by Gasteiger charge is 2.37. The largest absolute Gasteiger partial charge is 0.493 e. The van der Waals surface area contributed by atoms with E-state index in [0.29, 0.717) is 48.3 Å². The first kappa shape index (κ1) is 21.8. The van der Waals surface area contributed by atoms with Crippen molar-refractivity contribution in [3.8, 4) is 23.0 Å². The molecule has 3 heterocycles. The molecule has 0 spiro atoms. The molecule has 0 amide bonds. The van der Waals surface area contributed by atoms with Gasteiger partial charge >= 0.3 is 0 Å². The van der Waals surface area contributed by atoms with Gasteiger partial charge in [-0.05, 0) is 43.2 Å². The molecule has 0 unspecified atom stereocenters. The first-order valence-electron chi connectivity index (χ1n) is 10.7. The molecule has 0 radical (unpaired) electrons. The minimum absolute atomic E-state index is 0.0656. The van der Waals surface area contributed by atoms with Crippen LogP contribution in [0.3, 0.4) is 0 Å². The molecular formula is C24H25NO7S. The molecule has 1 fully saturated rings. The summed E-state index contributed by atoms with van der Waals surface area (Å²) in [4.78, 5) is 15.2. The van der Waals surface area contributed by atoms with E-state index >= 15 is 0 Å². The molecule has 0 bridgehead atoms. The Bertz CT molecular complexity index is 1280. The van der Waals surface area contributed by atoms with E-state index < -0.39 is 9.84 Å². The summed E-state index contributed by atoms with van der Waals surface area (Å²) in [5, 5.41) is 0.